The molecule has 0 unspecified atom stereocenters. The summed E-state index contributed by atoms with van der Waals surface area (Å²) in [5.74, 6) is -1.46. The first-order valence-corrected chi connectivity index (χ1v) is 12.7. The van der Waals surface area contributed by atoms with Crippen LogP contribution < -0.4 is 4.74 Å². The van der Waals surface area contributed by atoms with E-state index < -0.39 is 21.1 Å². The lowest BCUT2D eigenvalue weighted by molar-refractivity contribution is 0.0696. The topological polar surface area (TPSA) is 80.7 Å². The lowest BCUT2D eigenvalue weighted by Crippen LogP contribution is -2.05. The summed E-state index contributed by atoms with van der Waals surface area (Å²) >= 11 is 0. The lowest BCUT2D eigenvalue weighted by Gasteiger charge is -2.10. The van der Waals surface area contributed by atoms with Crippen molar-refractivity contribution in [3.8, 4) is 5.75 Å². The molecular weight excluding hydrogens is 407 g/mol. The molecule has 1 rings (SSSR count). The first-order chi connectivity index (χ1) is 14.4. The number of unbranched alkanes of at least 4 members (excludes halogenated alkanes) is 13. The van der Waals surface area contributed by atoms with E-state index in [9.17, 15) is 17.1 Å². The zero-order valence-electron chi connectivity index (χ0n) is 18.2. The van der Waals surface area contributed by atoms with Gasteiger partial charge >= 0.3 is 16.2 Å². The fourth-order valence-electron chi connectivity index (χ4n) is 3.43. The zero-order chi connectivity index (χ0) is 22.2. The highest BCUT2D eigenvalue weighted by Crippen LogP contribution is 2.27. The molecule has 0 atom stereocenters. The summed E-state index contributed by atoms with van der Waals surface area (Å²) in [7, 11) is -5.05. The molecule has 0 saturated carbocycles. The van der Waals surface area contributed by atoms with Crippen molar-refractivity contribution in [2.45, 2.75) is 102 Å². The molecule has 0 heterocycles. The van der Waals surface area contributed by atoms with Crippen LogP contribution in [0.4, 0.5) is 3.89 Å². The monoisotopic (exact) mass is 444 g/mol. The summed E-state index contributed by atoms with van der Waals surface area (Å²) in [6.07, 6.45) is 17.2. The van der Waals surface area contributed by atoms with Crippen molar-refractivity contribution in [2.75, 3.05) is 6.61 Å². The molecular formula is C23H37FO5S. The zero-order valence-corrected chi connectivity index (χ0v) is 19.0. The van der Waals surface area contributed by atoms with E-state index in [1.165, 1.54) is 82.8 Å². The van der Waals surface area contributed by atoms with Crippen LogP contribution in [0.3, 0.4) is 0 Å². The quantitative estimate of drug-likeness (QED) is 0.197. The summed E-state index contributed by atoms with van der Waals surface area (Å²) in [5.41, 5.74) is -0.296. The molecule has 0 saturated heterocycles. The Hall–Kier alpha value is -1.63. The van der Waals surface area contributed by atoms with Gasteiger partial charge in [-0.2, -0.15) is 8.42 Å². The molecule has 172 valence electrons. The summed E-state index contributed by atoms with van der Waals surface area (Å²) in [5, 5.41) is 8.92. The van der Waals surface area contributed by atoms with E-state index >= 15 is 0 Å². The van der Waals surface area contributed by atoms with E-state index in [4.69, 9.17) is 9.84 Å². The van der Waals surface area contributed by atoms with Crippen LogP contribution in [0.5, 0.6) is 5.75 Å². The average Bonchev–Trinajstić information content (AvgIpc) is 2.70. The van der Waals surface area contributed by atoms with Crippen LogP contribution in [0, 0.1) is 0 Å². The Kier molecular flexibility index (Phi) is 13.4. The maximum Gasteiger partial charge on any atom is 0.335 e. The van der Waals surface area contributed by atoms with Gasteiger partial charge in [0.25, 0.3) is 0 Å². The predicted octanol–water partition coefficient (Wildman–Crippen LogP) is 6.90. The number of ether oxygens (including phenoxy) is 1. The van der Waals surface area contributed by atoms with Gasteiger partial charge in [0.15, 0.2) is 0 Å². The normalized spacial score (nSPS) is 11.5. The molecule has 0 aliphatic rings. The number of aromatic carboxylic acids is 1. The molecule has 0 aliphatic heterocycles. The summed E-state index contributed by atoms with van der Waals surface area (Å²) < 4.78 is 41.3. The van der Waals surface area contributed by atoms with Gasteiger partial charge in [0.1, 0.15) is 10.6 Å². The number of benzene rings is 1. The van der Waals surface area contributed by atoms with Crippen LogP contribution in [0.25, 0.3) is 0 Å². The van der Waals surface area contributed by atoms with Crippen molar-refractivity contribution in [1.82, 2.24) is 0 Å². The summed E-state index contributed by atoms with van der Waals surface area (Å²) in [6, 6.07) is 3.19. The van der Waals surface area contributed by atoms with Crippen LogP contribution in [0.1, 0.15) is 107 Å². The molecule has 30 heavy (non-hydrogen) atoms. The second-order valence-corrected chi connectivity index (χ2v) is 9.16. The van der Waals surface area contributed by atoms with Crippen LogP contribution >= 0.6 is 0 Å². The van der Waals surface area contributed by atoms with Gasteiger partial charge in [-0.3, -0.25) is 0 Å². The molecule has 1 aromatic rings. The van der Waals surface area contributed by atoms with Crippen molar-refractivity contribution in [3.63, 3.8) is 0 Å². The second kappa shape index (κ2) is 15.2. The van der Waals surface area contributed by atoms with Crippen molar-refractivity contribution in [2.24, 2.45) is 0 Å². The molecule has 0 aromatic heterocycles. The largest absolute Gasteiger partial charge is 0.492 e. The average molecular weight is 445 g/mol. The first kappa shape index (κ1) is 26.4. The fourth-order valence-corrected chi connectivity index (χ4v) is 4.06. The van der Waals surface area contributed by atoms with Crippen molar-refractivity contribution >= 4 is 16.2 Å². The van der Waals surface area contributed by atoms with E-state index in [1.807, 2.05) is 0 Å². The standard InChI is InChI=1S/C23H37FO5S/c1-2-3-4-5-6-7-8-9-10-11-12-13-14-15-18-29-21-17-16-20(23(25)26)19-22(21)30(24,27)28/h16-17,19H,2-15,18H2,1H3,(H,25,26). The summed E-state index contributed by atoms with van der Waals surface area (Å²) in [6.45, 7) is 2.51. The fraction of sp³-hybridized carbons (Fsp3) is 0.696. The Labute approximate surface area is 181 Å². The molecule has 7 heteroatoms. The number of carbonyl (C=O) groups is 1. The van der Waals surface area contributed by atoms with E-state index in [-0.39, 0.29) is 17.9 Å². The minimum absolute atomic E-state index is 0.141. The number of halogens is 1. The molecule has 0 aliphatic carbocycles. The van der Waals surface area contributed by atoms with Gasteiger partial charge in [0.2, 0.25) is 0 Å². The Morgan fingerprint density at radius 1 is 0.867 bits per heavy atom. The number of carboxylic acids is 1. The number of hydrogen-bond acceptors (Lipinski definition) is 4. The minimum atomic E-state index is -5.05. The minimum Gasteiger partial charge on any atom is -0.492 e. The molecule has 1 aromatic carbocycles. The van der Waals surface area contributed by atoms with Crippen LogP contribution in [0.2, 0.25) is 0 Å². The SMILES string of the molecule is CCCCCCCCCCCCCCCCOc1ccc(C(=O)O)cc1S(=O)(=O)F. The Balaban J connectivity index is 2.11. The van der Waals surface area contributed by atoms with Crippen LogP contribution in [-0.2, 0) is 10.2 Å². The van der Waals surface area contributed by atoms with Crippen molar-refractivity contribution in [3.05, 3.63) is 23.8 Å². The van der Waals surface area contributed by atoms with E-state index in [2.05, 4.69) is 6.92 Å². The van der Waals surface area contributed by atoms with Gasteiger partial charge in [-0.1, -0.05) is 90.4 Å². The van der Waals surface area contributed by atoms with E-state index in [1.54, 1.807) is 0 Å². The van der Waals surface area contributed by atoms with Gasteiger partial charge in [-0.15, -0.1) is 3.89 Å². The third kappa shape index (κ3) is 11.5. The van der Waals surface area contributed by atoms with Crippen molar-refractivity contribution < 1.29 is 26.9 Å². The van der Waals surface area contributed by atoms with Gasteiger partial charge in [-0.25, -0.2) is 4.79 Å². The first-order valence-electron chi connectivity index (χ1n) is 11.3. The number of carboxylic acid groups (broad SMARTS) is 1. The highest BCUT2D eigenvalue weighted by atomic mass is 32.3. The van der Waals surface area contributed by atoms with E-state index in [0.717, 1.165) is 25.3 Å². The van der Waals surface area contributed by atoms with Crippen LogP contribution in [0.15, 0.2) is 23.1 Å². The molecule has 0 bridgehead atoms. The molecule has 1 N–H and O–H groups in total. The molecule has 0 spiro atoms. The molecule has 0 fully saturated rings. The Morgan fingerprint density at radius 3 is 1.77 bits per heavy atom. The van der Waals surface area contributed by atoms with Gasteiger partial charge in [0.05, 0.1) is 12.2 Å². The Bertz CT molecular complexity index is 718. The summed E-state index contributed by atoms with van der Waals surface area (Å²) in [4.78, 5) is 10.2. The Morgan fingerprint density at radius 2 is 1.33 bits per heavy atom. The lowest BCUT2D eigenvalue weighted by atomic mass is 10.0. The van der Waals surface area contributed by atoms with Gasteiger partial charge in [-0.05, 0) is 24.6 Å². The third-order valence-electron chi connectivity index (χ3n) is 5.21. The van der Waals surface area contributed by atoms with Crippen molar-refractivity contribution in [1.29, 1.82) is 0 Å². The smallest absolute Gasteiger partial charge is 0.335 e. The third-order valence-corrected chi connectivity index (χ3v) is 6.05. The number of rotatable bonds is 18. The van der Waals surface area contributed by atoms with Crippen LogP contribution in [-0.4, -0.2) is 26.1 Å². The maximum atomic E-state index is 13.4. The molecule has 0 radical (unpaired) electrons. The molecule has 0 amide bonds. The van der Waals surface area contributed by atoms with Gasteiger partial charge < -0.3 is 9.84 Å². The van der Waals surface area contributed by atoms with Gasteiger partial charge in [0, 0.05) is 0 Å². The van der Waals surface area contributed by atoms with E-state index in [0.29, 0.717) is 0 Å². The number of hydrogen-bond donors (Lipinski definition) is 1. The highest BCUT2D eigenvalue weighted by Gasteiger charge is 2.21. The second-order valence-electron chi connectivity index (χ2n) is 7.85. The predicted molar refractivity (Wildman–Crippen MR) is 118 cm³/mol. The highest BCUT2D eigenvalue weighted by molar-refractivity contribution is 7.86. The maximum absolute atomic E-state index is 13.4. The molecule has 5 nitrogen and oxygen atoms in total.